The molecule has 3 aromatic rings. The first-order chi connectivity index (χ1) is 18.0. The number of carbonyl (C=O) groups excluding carboxylic acids is 3. The number of fused-ring (bicyclic) bond motifs is 1. The van der Waals surface area contributed by atoms with E-state index in [1.54, 1.807) is 18.2 Å². The van der Waals surface area contributed by atoms with Crippen LogP contribution in [0.15, 0.2) is 42.5 Å². The summed E-state index contributed by atoms with van der Waals surface area (Å²) in [5.74, 6) is 2.93. The van der Waals surface area contributed by atoms with Gasteiger partial charge in [0, 0.05) is 47.4 Å². The van der Waals surface area contributed by atoms with E-state index in [4.69, 9.17) is 33.8 Å². The maximum Gasteiger partial charge on any atom is 0.373 e. The molecule has 0 atom stereocenters. The molecule has 0 radical (unpaired) electrons. The summed E-state index contributed by atoms with van der Waals surface area (Å²) >= 11 is 0. The van der Waals surface area contributed by atoms with Crippen LogP contribution in [0.5, 0.6) is 11.5 Å². The Bertz CT molecular complexity index is 1290. The monoisotopic (exact) mass is 505 g/mol. The van der Waals surface area contributed by atoms with Crippen LogP contribution in [-0.2, 0) is 20.7 Å². The van der Waals surface area contributed by atoms with Crippen molar-refractivity contribution < 1.29 is 28.6 Å². The van der Waals surface area contributed by atoms with E-state index in [9.17, 15) is 4.79 Å². The number of nitrogens with one attached hydrogen (secondary N) is 2. The average Bonchev–Trinajstić information content (AvgIpc) is 3.38. The van der Waals surface area contributed by atoms with Gasteiger partial charge in [0.15, 0.2) is 17.3 Å². The lowest BCUT2D eigenvalue weighted by Crippen LogP contribution is -2.37. The first-order valence-electron chi connectivity index (χ1n) is 11.8. The molecule has 2 aliphatic rings. The Labute approximate surface area is 213 Å². The van der Waals surface area contributed by atoms with Crippen LogP contribution in [0, 0.1) is 6.92 Å². The third-order valence-electron chi connectivity index (χ3n) is 5.90. The highest BCUT2D eigenvalue weighted by molar-refractivity contribution is 6.00. The number of rotatable bonds is 5. The maximum absolute atomic E-state index is 12.4. The summed E-state index contributed by atoms with van der Waals surface area (Å²) in [5, 5.41) is 5.65. The van der Waals surface area contributed by atoms with E-state index >= 15 is 0 Å². The van der Waals surface area contributed by atoms with Crippen molar-refractivity contribution >= 4 is 29.4 Å². The molecule has 0 saturated carbocycles. The largest absolute Gasteiger partial charge is 0.454 e. The van der Waals surface area contributed by atoms with E-state index in [-0.39, 0.29) is 19.0 Å². The van der Waals surface area contributed by atoms with Gasteiger partial charge in [-0.1, -0.05) is 6.92 Å². The summed E-state index contributed by atoms with van der Waals surface area (Å²) < 4.78 is 16.1. The van der Waals surface area contributed by atoms with Crippen LogP contribution in [0.2, 0.25) is 0 Å². The molecule has 2 aromatic carbocycles. The lowest BCUT2D eigenvalue weighted by molar-refractivity contribution is -0.191. The van der Waals surface area contributed by atoms with Gasteiger partial charge in [0.05, 0.1) is 13.2 Å². The van der Waals surface area contributed by atoms with Crippen LogP contribution in [0.3, 0.4) is 0 Å². The standard InChI is InChI=1S/C25H27N5O4.CO2/c1-3-20-16(2)24(30-10-12-32-13-11-30)29-23(28-20)17-4-6-18(7-5-17)26-25(31)27-19-8-9-21-22(14-19)34-15-33-21;2-1-3/h4-9,14H,3,10-13,15H2,1-2H3,(H2,26,27,31);. The fourth-order valence-corrected chi connectivity index (χ4v) is 4.08. The third-order valence-corrected chi connectivity index (χ3v) is 5.90. The predicted octanol–water partition coefficient (Wildman–Crippen LogP) is 3.64. The van der Waals surface area contributed by atoms with Crippen LogP contribution < -0.4 is 25.0 Å². The van der Waals surface area contributed by atoms with Gasteiger partial charge in [-0.15, -0.1) is 0 Å². The van der Waals surface area contributed by atoms with E-state index in [1.165, 1.54) is 0 Å². The van der Waals surface area contributed by atoms with Crippen molar-refractivity contribution in [2.24, 2.45) is 0 Å². The average molecular weight is 506 g/mol. The summed E-state index contributed by atoms with van der Waals surface area (Å²) in [5.41, 5.74) is 4.33. The summed E-state index contributed by atoms with van der Waals surface area (Å²) in [6.45, 7) is 7.43. The van der Waals surface area contributed by atoms with Gasteiger partial charge in [0.1, 0.15) is 5.82 Å². The molecule has 11 nitrogen and oxygen atoms in total. The summed E-state index contributed by atoms with van der Waals surface area (Å²) in [6.07, 6.45) is 1.08. The van der Waals surface area contributed by atoms with Gasteiger partial charge in [-0.2, -0.15) is 9.59 Å². The van der Waals surface area contributed by atoms with E-state index in [1.807, 2.05) is 24.3 Å². The van der Waals surface area contributed by atoms with Crippen LogP contribution >= 0.6 is 0 Å². The molecule has 37 heavy (non-hydrogen) atoms. The second-order valence-electron chi connectivity index (χ2n) is 8.20. The van der Waals surface area contributed by atoms with Crippen molar-refractivity contribution in [1.29, 1.82) is 0 Å². The van der Waals surface area contributed by atoms with Crippen molar-refractivity contribution in [1.82, 2.24) is 9.97 Å². The molecule has 11 heteroatoms. The van der Waals surface area contributed by atoms with Crippen molar-refractivity contribution in [3.05, 3.63) is 53.7 Å². The van der Waals surface area contributed by atoms with Crippen LogP contribution in [-0.4, -0.2) is 55.2 Å². The maximum atomic E-state index is 12.4. The zero-order valence-corrected chi connectivity index (χ0v) is 20.6. The number of ether oxygens (including phenoxy) is 3. The Kier molecular flexibility index (Phi) is 8.29. The Morgan fingerprint density at radius 1 is 0.973 bits per heavy atom. The second-order valence-corrected chi connectivity index (χ2v) is 8.20. The van der Waals surface area contributed by atoms with Gasteiger partial charge < -0.3 is 29.7 Å². The first kappa shape index (κ1) is 25.6. The molecule has 1 fully saturated rings. The summed E-state index contributed by atoms with van der Waals surface area (Å²) in [7, 11) is 0. The fourth-order valence-electron chi connectivity index (χ4n) is 4.08. The molecular weight excluding hydrogens is 478 g/mol. The molecule has 1 saturated heterocycles. The summed E-state index contributed by atoms with van der Waals surface area (Å²) in [6, 6.07) is 12.5. The SMILES string of the molecule is CCc1nc(-c2ccc(NC(=O)Nc3ccc4c(c3)OCO4)cc2)nc(N2CCOCC2)c1C.O=C=O. The number of benzene rings is 2. The van der Waals surface area contributed by atoms with E-state index in [0.29, 0.717) is 41.9 Å². The minimum absolute atomic E-state index is 0.190. The quantitative estimate of drug-likeness (QED) is 0.533. The zero-order valence-electron chi connectivity index (χ0n) is 20.6. The Balaban J connectivity index is 0.00000102. The number of aryl methyl sites for hydroxylation is 1. The number of nitrogens with zero attached hydrogens (tertiary/aromatic N) is 3. The van der Waals surface area contributed by atoms with Crippen molar-refractivity contribution in [3.63, 3.8) is 0 Å². The normalized spacial score (nSPS) is 13.7. The number of aromatic nitrogens is 2. The second kappa shape index (κ2) is 12.0. The first-order valence-corrected chi connectivity index (χ1v) is 11.8. The van der Waals surface area contributed by atoms with Crippen LogP contribution in [0.1, 0.15) is 18.2 Å². The number of amides is 2. The molecule has 1 aromatic heterocycles. The molecule has 5 rings (SSSR count). The van der Waals surface area contributed by atoms with Gasteiger partial charge in [-0.3, -0.25) is 0 Å². The minimum atomic E-state index is -0.346. The summed E-state index contributed by atoms with van der Waals surface area (Å²) in [4.78, 5) is 40.6. The minimum Gasteiger partial charge on any atom is -0.454 e. The molecular formula is C26H27N5O6. The zero-order chi connectivity index (χ0) is 26.2. The number of hydrogen-bond donors (Lipinski definition) is 2. The van der Waals surface area contributed by atoms with Crippen LogP contribution in [0.25, 0.3) is 11.4 Å². The Morgan fingerprint density at radius 3 is 2.32 bits per heavy atom. The third kappa shape index (κ3) is 6.21. The molecule has 2 N–H and O–H groups in total. The lowest BCUT2D eigenvalue weighted by atomic mass is 10.1. The van der Waals surface area contributed by atoms with Crippen molar-refractivity contribution in [3.8, 4) is 22.9 Å². The van der Waals surface area contributed by atoms with Gasteiger partial charge in [-0.05, 0) is 49.7 Å². The fraction of sp³-hybridized carbons (Fsp3) is 0.308. The Morgan fingerprint density at radius 2 is 1.62 bits per heavy atom. The number of urea groups is 1. The molecule has 192 valence electrons. The lowest BCUT2D eigenvalue weighted by Gasteiger charge is -2.29. The molecule has 2 aliphatic heterocycles. The van der Waals surface area contributed by atoms with E-state index < -0.39 is 0 Å². The van der Waals surface area contributed by atoms with Gasteiger partial charge >= 0.3 is 12.2 Å². The highest BCUT2D eigenvalue weighted by Gasteiger charge is 2.19. The molecule has 0 spiro atoms. The smallest absolute Gasteiger partial charge is 0.373 e. The molecule has 0 unspecified atom stereocenters. The van der Waals surface area contributed by atoms with Crippen LogP contribution in [0.4, 0.5) is 22.0 Å². The topological polar surface area (TPSA) is 132 Å². The number of hydrogen-bond acceptors (Lipinski definition) is 9. The Hall–Kier alpha value is -4.47. The molecule has 0 aliphatic carbocycles. The van der Waals surface area contributed by atoms with Gasteiger partial charge in [-0.25, -0.2) is 14.8 Å². The van der Waals surface area contributed by atoms with Gasteiger partial charge in [0.25, 0.3) is 0 Å². The molecule has 3 heterocycles. The predicted molar refractivity (Wildman–Crippen MR) is 135 cm³/mol. The number of morpholine rings is 1. The van der Waals surface area contributed by atoms with Crippen molar-refractivity contribution in [2.45, 2.75) is 20.3 Å². The highest BCUT2D eigenvalue weighted by Crippen LogP contribution is 2.34. The van der Waals surface area contributed by atoms with Crippen molar-refractivity contribution in [2.75, 3.05) is 48.6 Å². The van der Waals surface area contributed by atoms with E-state index in [2.05, 4.69) is 29.4 Å². The number of anilines is 3. The van der Waals surface area contributed by atoms with E-state index in [0.717, 1.165) is 42.1 Å². The van der Waals surface area contributed by atoms with Gasteiger partial charge in [0.2, 0.25) is 6.79 Å². The molecule has 0 bridgehead atoms. The molecule has 2 amide bonds. The highest BCUT2D eigenvalue weighted by atomic mass is 16.7. The number of carbonyl (C=O) groups is 1.